The van der Waals surface area contributed by atoms with Crippen molar-refractivity contribution in [3.05, 3.63) is 11.6 Å². The Morgan fingerprint density at radius 3 is 1.83 bits per heavy atom. The Labute approximate surface area is 141 Å². The highest BCUT2D eigenvalue weighted by Gasteiger charge is 2.06. The highest BCUT2D eigenvalue weighted by molar-refractivity contribution is 5.86. The molecule has 4 nitrogen and oxygen atoms in total. The molecule has 0 fully saturated rings. The fourth-order valence-corrected chi connectivity index (χ4v) is 2.62. The predicted octanol–water partition coefficient (Wildman–Crippen LogP) is 5.56. The van der Waals surface area contributed by atoms with Crippen molar-refractivity contribution < 1.29 is 19.8 Å². The van der Waals surface area contributed by atoms with Gasteiger partial charge in [-0.15, -0.1) is 0 Å². The van der Waals surface area contributed by atoms with E-state index in [2.05, 4.69) is 6.92 Å². The van der Waals surface area contributed by atoms with Gasteiger partial charge < -0.3 is 10.2 Å². The Hall–Kier alpha value is -1.32. The summed E-state index contributed by atoms with van der Waals surface area (Å²) in [6.45, 7) is 2.19. The first-order valence-electron chi connectivity index (χ1n) is 9.22. The van der Waals surface area contributed by atoms with Crippen molar-refractivity contribution in [3.8, 4) is 0 Å². The summed E-state index contributed by atoms with van der Waals surface area (Å²) in [6.07, 6.45) is 15.4. The van der Waals surface area contributed by atoms with Crippen LogP contribution in [0.2, 0.25) is 0 Å². The normalized spacial score (nSPS) is 11.6. The monoisotopic (exact) mass is 326 g/mol. The number of unbranched alkanes of at least 4 members (excludes halogenated alkanes) is 10. The van der Waals surface area contributed by atoms with Gasteiger partial charge in [0.2, 0.25) is 0 Å². The second kappa shape index (κ2) is 15.6. The minimum atomic E-state index is -0.778. The maximum Gasteiger partial charge on any atom is 0.331 e. The first-order chi connectivity index (χ1) is 11.1. The molecular weight excluding hydrogens is 292 g/mol. The number of carboxylic acid groups (broad SMARTS) is 2. The van der Waals surface area contributed by atoms with Crippen molar-refractivity contribution in [2.75, 3.05) is 0 Å². The standard InChI is InChI=1S/C19H34O4/c1-2-3-4-5-8-11-14-17(19(22)23)15-12-9-6-7-10-13-16-18(20)21/h14H,2-13,15-16H2,1H3,(H,20,21)(H,22,23). The van der Waals surface area contributed by atoms with Gasteiger partial charge in [-0.1, -0.05) is 64.4 Å². The van der Waals surface area contributed by atoms with Gasteiger partial charge in [0.05, 0.1) is 0 Å². The van der Waals surface area contributed by atoms with Gasteiger partial charge >= 0.3 is 11.9 Å². The van der Waals surface area contributed by atoms with Crippen LogP contribution in [0.3, 0.4) is 0 Å². The Kier molecular flexibility index (Phi) is 14.7. The van der Waals surface area contributed by atoms with E-state index in [1.807, 2.05) is 6.08 Å². The summed E-state index contributed by atoms with van der Waals surface area (Å²) in [4.78, 5) is 21.6. The molecule has 2 N–H and O–H groups in total. The van der Waals surface area contributed by atoms with Gasteiger partial charge in [-0.05, 0) is 32.1 Å². The third kappa shape index (κ3) is 15.4. The van der Waals surface area contributed by atoms with Crippen molar-refractivity contribution in [1.29, 1.82) is 0 Å². The zero-order chi connectivity index (χ0) is 17.3. The lowest BCUT2D eigenvalue weighted by Crippen LogP contribution is -2.01. The summed E-state index contributed by atoms with van der Waals surface area (Å²) in [6, 6.07) is 0. The van der Waals surface area contributed by atoms with E-state index in [-0.39, 0.29) is 6.42 Å². The molecule has 4 heteroatoms. The molecule has 23 heavy (non-hydrogen) atoms. The molecule has 134 valence electrons. The highest BCUT2D eigenvalue weighted by Crippen LogP contribution is 2.14. The lowest BCUT2D eigenvalue weighted by atomic mass is 10.0. The molecule has 0 heterocycles. The molecule has 0 saturated heterocycles. The number of carbonyl (C=O) groups is 2. The van der Waals surface area contributed by atoms with Crippen LogP contribution in [0.5, 0.6) is 0 Å². The largest absolute Gasteiger partial charge is 0.481 e. The topological polar surface area (TPSA) is 74.6 Å². The molecular formula is C19H34O4. The van der Waals surface area contributed by atoms with Gasteiger partial charge in [-0.25, -0.2) is 4.79 Å². The van der Waals surface area contributed by atoms with E-state index in [0.717, 1.165) is 51.4 Å². The van der Waals surface area contributed by atoms with Gasteiger partial charge in [-0.3, -0.25) is 4.79 Å². The molecule has 0 aromatic carbocycles. The summed E-state index contributed by atoms with van der Waals surface area (Å²) >= 11 is 0. The first kappa shape index (κ1) is 21.7. The minimum absolute atomic E-state index is 0.254. The molecule has 0 aliphatic carbocycles. The van der Waals surface area contributed by atoms with Crippen molar-refractivity contribution in [1.82, 2.24) is 0 Å². The smallest absolute Gasteiger partial charge is 0.331 e. The fraction of sp³-hybridized carbons (Fsp3) is 0.789. The van der Waals surface area contributed by atoms with Gasteiger partial charge in [0.15, 0.2) is 0 Å². The molecule has 0 saturated carbocycles. The molecule has 0 spiro atoms. The van der Waals surface area contributed by atoms with Crippen molar-refractivity contribution >= 4 is 11.9 Å². The van der Waals surface area contributed by atoms with Crippen LogP contribution < -0.4 is 0 Å². The fourth-order valence-electron chi connectivity index (χ4n) is 2.62. The maximum absolute atomic E-state index is 11.2. The zero-order valence-corrected chi connectivity index (χ0v) is 14.7. The third-order valence-electron chi connectivity index (χ3n) is 4.06. The van der Waals surface area contributed by atoms with Gasteiger partial charge in [0.25, 0.3) is 0 Å². The van der Waals surface area contributed by atoms with Crippen molar-refractivity contribution in [2.24, 2.45) is 0 Å². The van der Waals surface area contributed by atoms with Gasteiger partial charge in [0, 0.05) is 12.0 Å². The molecule has 0 aliphatic rings. The molecule has 0 aromatic heterocycles. The average Bonchev–Trinajstić information content (AvgIpc) is 2.50. The van der Waals surface area contributed by atoms with Crippen molar-refractivity contribution in [2.45, 2.75) is 96.8 Å². The number of hydrogen-bond donors (Lipinski definition) is 2. The average molecular weight is 326 g/mol. The second-order valence-corrected chi connectivity index (χ2v) is 6.25. The van der Waals surface area contributed by atoms with E-state index >= 15 is 0 Å². The number of aliphatic carboxylic acids is 2. The summed E-state index contributed by atoms with van der Waals surface area (Å²) in [5.41, 5.74) is 0.561. The quantitative estimate of drug-likeness (QED) is 0.287. The number of carboxylic acids is 2. The maximum atomic E-state index is 11.2. The molecule has 0 aromatic rings. The van der Waals surface area contributed by atoms with Crippen LogP contribution in [0.25, 0.3) is 0 Å². The summed E-state index contributed by atoms with van der Waals surface area (Å²) in [7, 11) is 0. The van der Waals surface area contributed by atoms with Crippen LogP contribution in [0.15, 0.2) is 11.6 Å². The van der Waals surface area contributed by atoms with Crippen LogP contribution in [-0.2, 0) is 9.59 Å². The van der Waals surface area contributed by atoms with Crippen molar-refractivity contribution in [3.63, 3.8) is 0 Å². The Balaban J connectivity index is 3.67. The lowest BCUT2D eigenvalue weighted by molar-refractivity contribution is -0.137. The lowest BCUT2D eigenvalue weighted by Gasteiger charge is -2.04. The van der Waals surface area contributed by atoms with Gasteiger partial charge in [0.1, 0.15) is 0 Å². The second-order valence-electron chi connectivity index (χ2n) is 6.25. The molecule has 0 bridgehead atoms. The SMILES string of the molecule is CCCCCCCC=C(CCCCCCCCC(=O)O)C(=O)O. The Bertz CT molecular complexity index is 347. The molecule has 0 unspecified atom stereocenters. The van der Waals surface area contributed by atoms with Crippen LogP contribution in [0.1, 0.15) is 96.8 Å². The van der Waals surface area contributed by atoms with E-state index in [4.69, 9.17) is 5.11 Å². The highest BCUT2D eigenvalue weighted by atomic mass is 16.4. The van der Waals surface area contributed by atoms with E-state index in [1.165, 1.54) is 25.7 Å². The molecule has 0 aliphatic heterocycles. The van der Waals surface area contributed by atoms with Crippen LogP contribution in [0.4, 0.5) is 0 Å². The van der Waals surface area contributed by atoms with E-state index in [9.17, 15) is 14.7 Å². The summed E-state index contributed by atoms with van der Waals surface area (Å²) < 4.78 is 0. The Morgan fingerprint density at radius 1 is 0.739 bits per heavy atom. The Morgan fingerprint density at radius 2 is 1.26 bits per heavy atom. The van der Waals surface area contributed by atoms with Crippen LogP contribution in [-0.4, -0.2) is 22.2 Å². The predicted molar refractivity (Wildman–Crippen MR) is 93.7 cm³/mol. The number of rotatable bonds is 16. The molecule has 0 amide bonds. The molecule has 0 atom stereocenters. The number of allylic oxidation sites excluding steroid dienone is 1. The van der Waals surface area contributed by atoms with Crippen LogP contribution >= 0.6 is 0 Å². The number of hydrogen-bond acceptors (Lipinski definition) is 2. The zero-order valence-electron chi connectivity index (χ0n) is 14.7. The molecule has 0 rings (SSSR count). The third-order valence-corrected chi connectivity index (χ3v) is 4.06. The van der Waals surface area contributed by atoms with E-state index in [0.29, 0.717) is 12.0 Å². The summed E-state index contributed by atoms with van der Waals surface area (Å²) in [5.74, 6) is -1.50. The molecule has 0 radical (unpaired) electrons. The summed E-state index contributed by atoms with van der Waals surface area (Å²) in [5, 5.41) is 17.8. The van der Waals surface area contributed by atoms with E-state index in [1.54, 1.807) is 0 Å². The minimum Gasteiger partial charge on any atom is -0.481 e. The first-order valence-corrected chi connectivity index (χ1v) is 9.22. The van der Waals surface area contributed by atoms with Gasteiger partial charge in [-0.2, -0.15) is 0 Å². The van der Waals surface area contributed by atoms with E-state index < -0.39 is 11.9 Å². The van der Waals surface area contributed by atoms with Crippen LogP contribution in [0, 0.1) is 0 Å².